The lowest BCUT2D eigenvalue weighted by Crippen LogP contribution is -2.22. The third-order valence-corrected chi connectivity index (χ3v) is 3.70. The van der Waals surface area contributed by atoms with E-state index in [1.54, 1.807) is 6.07 Å². The lowest BCUT2D eigenvalue weighted by Gasteiger charge is -2.16. The molecule has 1 fully saturated rings. The molecular weight excluding hydrogens is 273 g/mol. The van der Waals surface area contributed by atoms with Crippen LogP contribution in [0.3, 0.4) is 0 Å². The maximum atomic E-state index is 12.9. The van der Waals surface area contributed by atoms with Crippen molar-refractivity contribution in [3.63, 3.8) is 0 Å². The standard InChI is InChI=1S/C16H24FNO3/c1-12(15-6-5-13(17)10-16(15)19)18-7-3-8-20-11-14-4-2-9-21-14/h5-6,10,12,14,18-19H,2-4,7-9,11H2,1H3. The van der Waals surface area contributed by atoms with E-state index in [9.17, 15) is 9.50 Å². The van der Waals surface area contributed by atoms with E-state index in [0.29, 0.717) is 18.8 Å². The summed E-state index contributed by atoms with van der Waals surface area (Å²) in [5.74, 6) is -0.435. The summed E-state index contributed by atoms with van der Waals surface area (Å²) in [4.78, 5) is 0. The number of aromatic hydroxyl groups is 1. The molecule has 1 aliphatic heterocycles. The SMILES string of the molecule is CC(NCCCOCC1CCCO1)c1ccc(F)cc1O. The van der Waals surface area contributed by atoms with Gasteiger partial charge in [0, 0.05) is 30.9 Å². The summed E-state index contributed by atoms with van der Waals surface area (Å²) in [6.45, 7) is 4.95. The zero-order chi connectivity index (χ0) is 15.1. The predicted molar refractivity (Wildman–Crippen MR) is 78.9 cm³/mol. The van der Waals surface area contributed by atoms with Gasteiger partial charge in [0.1, 0.15) is 11.6 Å². The molecule has 1 aromatic carbocycles. The number of benzene rings is 1. The van der Waals surface area contributed by atoms with Crippen LogP contribution in [-0.4, -0.2) is 37.6 Å². The van der Waals surface area contributed by atoms with Crippen molar-refractivity contribution >= 4 is 0 Å². The van der Waals surface area contributed by atoms with Gasteiger partial charge in [0.15, 0.2) is 0 Å². The molecule has 1 saturated heterocycles. The van der Waals surface area contributed by atoms with Gasteiger partial charge >= 0.3 is 0 Å². The molecule has 0 saturated carbocycles. The van der Waals surface area contributed by atoms with Gasteiger partial charge in [0.25, 0.3) is 0 Å². The van der Waals surface area contributed by atoms with Crippen LogP contribution in [0.1, 0.15) is 37.8 Å². The molecule has 0 radical (unpaired) electrons. The Kier molecular flexibility index (Phi) is 6.42. The minimum atomic E-state index is -0.425. The van der Waals surface area contributed by atoms with Crippen molar-refractivity contribution in [1.82, 2.24) is 5.32 Å². The van der Waals surface area contributed by atoms with Crippen LogP contribution in [0.25, 0.3) is 0 Å². The highest BCUT2D eigenvalue weighted by molar-refractivity contribution is 5.34. The number of rotatable bonds is 8. The highest BCUT2D eigenvalue weighted by Gasteiger charge is 2.15. The average Bonchev–Trinajstić information content (AvgIpc) is 2.95. The molecule has 1 heterocycles. The molecule has 5 heteroatoms. The molecule has 1 aromatic rings. The Morgan fingerprint density at radius 3 is 3.10 bits per heavy atom. The van der Waals surface area contributed by atoms with E-state index in [2.05, 4.69) is 5.32 Å². The number of hydrogen-bond donors (Lipinski definition) is 2. The van der Waals surface area contributed by atoms with Crippen molar-refractivity contribution < 1.29 is 19.0 Å². The number of phenols is 1. The van der Waals surface area contributed by atoms with E-state index < -0.39 is 5.82 Å². The zero-order valence-electron chi connectivity index (χ0n) is 12.5. The lowest BCUT2D eigenvalue weighted by molar-refractivity contribution is 0.0165. The molecule has 0 spiro atoms. The number of nitrogens with one attached hydrogen (secondary N) is 1. The fraction of sp³-hybridized carbons (Fsp3) is 0.625. The van der Waals surface area contributed by atoms with Crippen LogP contribution in [0.5, 0.6) is 5.75 Å². The second-order valence-corrected chi connectivity index (χ2v) is 5.44. The Morgan fingerprint density at radius 1 is 1.52 bits per heavy atom. The third-order valence-electron chi connectivity index (χ3n) is 3.70. The predicted octanol–water partition coefficient (Wildman–Crippen LogP) is 2.77. The minimum absolute atomic E-state index is 0.00960. The van der Waals surface area contributed by atoms with Gasteiger partial charge in [-0.3, -0.25) is 0 Å². The summed E-state index contributed by atoms with van der Waals surface area (Å²) in [6.07, 6.45) is 3.39. The Labute approximate surface area is 125 Å². The van der Waals surface area contributed by atoms with Crippen LogP contribution in [0, 0.1) is 5.82 Å². The highest BCUT2D eigenvalue weighted by atomic mass is 19.1. The molecule has 0 amide bonds. The van der Waals surface area contributed by atoms with Gasteiger partial charge in [-0.25, -0.2) is 4.39 Å². The van der Waals surface area contributed by atoms with E-state index in [0.717, 1.165) is 38.5 Å². The molecule has 2 unspecified atom stereocenters. The van der Waals surface area contributed by atoms with Crippen molar-refractivity contribution in [2.75, 3.05) is 26.4 Å². The first-order valence-electron chi connectivity index (χ1n) is 7.58. The van der Waals surface area contributed by atoms with Crippen LogP contribution in [0.15, 0.2) is 18.2 Å². The number of halogens is 1. The summed E-state index contributed by atoms with van der Waals surface area (Å²) in [5.41, 5.74) is 0.705. The van der Waals surface area contributed by atoms with Crippen LogP contribution in [-0.2, 0) is 9.47 Å². The normalized spacial score (nSPS) is 19.8. The van der Waals surface area contributed by atoms with Gasteiger partial charge in [-0.1, -0.05) is 6.07 Å². The van der Waals surface area contributed by atoms with Gasteiger partial charge in [-0.05, 0) is 38.8 Å². The summed E-state index contributed by atoms with van der Waals surface area (Å²) < 4.78 is 24.0. The molecule has 2 rings (SSSR count). The van der Waals surface area contributed by atoms with E-state index in [1.165, 1.54) is 6.07 Å². The van der Waals surface area contributed by atoms with Crippen molar-refractivity contribution in [2.45, 2.75) is 38.3 Å². The number of phenolic OH excluding ortho intramolecular Hbond substituents is 1. The first kappa shape index (κ1) is 16.2. The second kappa shape index (κ2) is 8.32. The quantitative estimate of drug-likeness (QED) is 0.724. The minimum Gasteiger partial charge on any atom is -0.508 e. The Bertz CT molecular complexity index is 436. The fourth-order valence-corrected chi connectivity index (χ4v) is 2.48. The second-order valence-electron chi connectivity index (χ2n) is 5.44. The van der Waals surface area contributed by atoms with Crippen LogP contribution < -0.4 is 5.32 Å². The monoisotopic (exact) mass is 297 g/mol. The topological polar surface area (TPSA) is 50.7 Å². The van der Waals surface area contributed by atoms with E-state index >= 15 is 0 Å². The summed E-state index contributed by atoms with van der Waals surface area (Å²) in [6, 6.07) is 4.08. The summed E-state index contributed by atoms with van der Waals surface area (Å²) in [5, 5.41) is 13.0. The maximum absolute atomic E-state index is 12.9. The number of hydrogen-bond acceptors (Lipinski definition) is 4. The fourth-order valence-electron chi connectivity index (χ4n) is 2.48. The van der Waals surface area contributed by atoms with E-state index in [1.807, 2.05) is 6.92 Å². The third kappa shape index (κ3) is 5.26. The molecule has 21 heavy (non-hydrogen) atoms. The average molecular weight is 297 g/mol. The van der Waals surface area contributed by atoms with Crippen molar-refractivity contribution in [3.05, 3.63) is 29.6 Å². The molecular formula is C16H24FNO3. The van der Waals surface area contributed by atoms with Crippen molar-refractivity contribution in [2.24, 2.45) is 0 Å². The van der Waals surface area contributed by atoms with Gasteiger partial charge in [-0.15, -0.1) is 0 Å². The maximum Gasteiger partial charge on any atom is 0.126 e. The molecule has 2 N–H and O–H groups in total. The summed E-state index contributed by atoms with van der Waals surface area (Å²) >= 11 is 0. The Balaban J connectivity index is 1.59. The largest absolute Gasteiger partial charge is 0.508 e. The smallest absolute Gasteiger partial charge is 0.126 e. The van der Waals surface area contributed by atoms with Crippen LogP contribution in [0.4, 0.5) is 4.39 Å². The van der Waals surface area contributed by atoms with Crippen LogP contribution in [0.2, 0.25) is 0 Å². The molecule has 4 nitrogen and oxygen atoms in total. The van der Waals surface area contributed by atoms with Crippen molar-refractivity contribution in [3.8, 4) is 5.75 Å². The van der Waals surface area contributed by atoms with Crippen molar-refractivity contribution in [1.29, 1.82) is 0 Å². The van der Waals surface area contributed by atoms with Gasteiger partial charge < -0.3 is 19.9 Å². The van der Waals surface area contributed by atoms with Gasteiger partial charge in [-0.2, -0.15) is 0 Å². The van der Waals surface area contributed by atoms with Crippen LogP contribution >= 0.6 is 0 Å². The van der Waals surface area contributed by atoms with Gasteiger partial charge in [0.05, 0.1) is 12.7 Å². The molecule has 0 aromatic heterocycles. The molecule has 0 bridgehead atoms. The Morgan fingerprint density at radius 2 is 2.38 bits per heavy atom. The first-order chi connectivity index (χ1) is 10.2. The molecule has 0 aliphatic carbocycles. The van der Waals surface area contributed by atoms with E-state index in [-0.39, 0.29) is 17.9 Å². The molecule has 1 aliphatic rings. The molecule has 118 valence electrons. The molecule has 2 atom stereocenters. The van der Waals surface area contributed by atoms with Gasteiger partial charge in [0.2, 0.25) is 0 Å². The zero-order valence-corrected chi connectivity index (χ0v) is 12.5. The Hall–Kier alpha value is -1.17. The van der Waals surface area contributed by atoms with E-state index in [4.69, 9.17) is 9.47 Å². The summed E-state index contributed by atoms with van der Waals surface area (Å²) in [7, 11) is 0. The first-order valence-corrected chi connectivity index (χ1v) is 7.58. The lowest BCUT2D eigenvalue weighted by atomic mass is 10.1. The highest BCUT2D eigenvalue weighted by Crippen LogP contribution is 2.24. The number of ether oxygens (including phenoxy) is 2.